The minimum absolute atomic E-state index is 0.232. The van der Waals surface area contributed by atoms with Crippen LogP contribution in [0.1, 0.15) is 32.1 Å². The van der Waals surface area contributed by atoms with Crippen molar-refractivity contribution in [2.45, 2.75) is 41.9 Å². The van der Waals surface area contributed by atoms with Crippen LogP contribution in [-0.4, -0.2) is 18.5 Å². The largest absolute Gasteiger partial charge is 0.456 e. The number of fused-ring (bicyclic) bond motifs is 2. The Kier molecular flexibility index (Phi) is 6.01. The summed E-state index contributed by atoms with van der Waals surface area (Å²) in [6.07, 6.45) is 5.44. The van der Waals surface area contributed by atoms with Crippen LogP contribution in [0.4, 0.5) is 5.69 Å². The fourth-order valence-electron chi connectivity index (χ4n) is 4.51. The van der Waals surface area contributed by atoms with E-state index < -0.39 is 0 Å². The number of hydrogen-bond acceptors (Lipinski definition) is 4. The highest BCUT2D eigenvalue weighted by Crippen LogP contribution is 2.49. The van der Waals surface area contributed by atoms with Crippen LogP contribution in [0, 0.1) is 17.8 Å². The van der Waals surface area contributed by atoms with E-state index in [1.807, 2.05) is 54.6 Å². The monoisotopic (exact) mass is 395 g/mol. The van der Waals surface area contributed by atoms with Crippen molar-refractivity contribution in [1.29, 1.82) is 0 Å². The highest BCUT2D eigenvalue weighted by atomic mass is 32.2. The zero-order valence-electron chi connectivity index (χ0n) is 15.8. The van der Waals surface area contributed by atoms with Crippen molar-refractivity contribution >= 4 is 29.3 Å². The van der Waals surface area contributed by atoms with Gasteiger partial charge in [0.15, 0.2) is 6.61 Å². The van der Waals surface area contributed by atoms with Crippen molar-refractivity contribution in [3.05, 3.63) is 54.6 Å². The summed E-state index contributed by atoms with van der Waals surface area (Å²) in [7, 11) is 0. The Morgan fingerprint density at radius 3 is 2.54 bits per heavy atom. The van der Waals surface area contributed by atoms with Gasteiger partial charge in [-0.3, -0.25) is 9.59 Å². The van der Waals surface area contributed by atoms with Crippen molar-refractivity contribution in [1.82, 2.24) is 0 Å². The molecule has 4 nitrogen and oxygen atoms in total. The van der Waals surface area contributed by atoms with Gasteiger partial charge in [0.1, 0.15) is 0 Å². The number of carbonyl (C=O) groups is 2. The smallest absolute Gasteiger partial charge is 0.306 e. The molecule has 28 heavy (non-hydrogen) atoms. The van der Waals surface area contributed by atoms with Crippen molar-refractivity contribution in [2.75, 3.05) is 11.9 Å². The van der Waals surface area contributed by atoms with Gasteiger partial charge in [0.05, 0.1) is 5.69 Å². The number of benzene rings is 2. The minimum atomic E-state index is -0.303. The average molecular weight is 396 g/mol. The molecule has 3 atom stereocenters. The number of esters is 1. The first-order valence-electron chi connectivity index (χ1n) is 9.95. The van der Waals surface area contributed by atoms with Crippen LogP contribution in [0.5, 0.6) is 0 Å². The number of nitrogens with one attached hydrogen (secondary N) is 1. The van der Waals surface area contributed by atoms with Crippen LogP contribution in [0.3, 0.4) is 0 Å². The average Bonchev–Trinajstić information content (AvgIpc) is 3.32. The fourth-order valence-corrected chi connectivity index (χ4v) is 5.43. The summed E-state index contributed by atoms with van der Waals surface area (Å²) in [5.74, 6) is 1.40. The van der Waals surface area contributed by atoms with E-state index in [-0.39, 0.29) is 18.5 Å². The summed E-state index contributed by atoms with van der Waals surface area (Å²) < 4.78 is 5.25. The fraction of sp³-hybridized carbons (Fsp3) is 0.391. The molecule has 0 saturated heterocycles. The van der Waals surface area contributed by atoms with Crippen LogP contribution >= 0.6 is 11.8 Å². The summed E-state index contributed by atoms with van der Waals surface area (Å²) in [4.78, 5) is 26.5. The summed E-state index contributed by atoms with van der Waals surface area (Å²) in [5.41, 5.74) is 0.727. The molecule has 146 valence electrons. The third-order valence-corrected chi connectivity index (χ3v) is 6.89. The first kappa shape index (κ1) is 19.1. The molecule has 0 spiro atoms. The molecule has 2 aromatic rings. The van der Waals surface area contributed by atoms with Crippen molar-refractivity contribution in [3.63, 3.8) is 0 Å². The van der Waals surface area contributed by atoms with Gasteiger partial charge in [-0.1, -0.05) is 48.5 Å². The second-order valence-electron chi connectivity index (χ2n) is 7.76. The Labute approximate surface area is 170 Å². The Morgan fingerprint density at radius 1 is 1.00 bits per heavy atom. The molecule has 1 amide bonds. The molecule has 0 radical (unpaired) electrons. The zero-order valence-corrected chi connectivity index (χ0v) is 16.6. The van der Waals surface area contributed by atoms with E-state index in [4.69, 9.17) is 4.74 Å². The normalized spacial score (nSPS) is 22.8. The van der Waals surface area contributed by atoms with Crippen LogP contribution in [0.15, 0.2) is 64.4 Å². The molecule has 2 aliphatic rings. The molecule has 2 aliphatic carbocycles. The van der Waals surface area contributed by atoms with E-state index in [1.165, 1.54) is 19.3 Å². The van der Waals surface area contributed by atoms with E-state index in [1.54, 1.807) is 11.8 Å². The van der Waals surface area contributed by atoms with E-state index in [2.05, 4.69) is 5.32 Å². The van der Waals surface area contributed by atoms with Crippen molar-refractivity contribution in [2.24, 2.45) is 17.8 Å². The molecule has 2 aromatic carbocycles. The topological polar surface area (TPSA) is 55.4 Å². The molecule has 0 aromatic heterocycles. The molecule has 4 rings (SSSR count). The van der Waals surface area contributed by atoms with E-state index in [0.717, 1.165) is 27.8 Å². The predicted molar refractivity (Wildman–Crippen MR) is 110 cm³/mol. The van der Waals surface area contributed by atoms with Gasteiger partial charge in [-0.25, -0.2) is 0 Å². The number of hydrogen-bond donors (Lipinski definition) is 1. The van der Waals surface area contributed by atoms with E-state index in [9.17, 15) is 9.59 Å². The molecule has 0 aliphatic heterocycles. The number of amides is 1. The van der Waals surface area contributed by atoms with Gasteiger partial charge in [-0.2, -0.15) is 0 Å². The van der Waals surface area contributed by atoms with Crippen LogP contribution in [0.25, 0.3) is 0 Å². The highest BCUT2D eigenvalue weighted by molar-refractivity contribution is 7.99. The number of ether oxygens (including phenoxy) is 1. The Balaban J connectivity index is 1.27. The molecule has 2 fully saturated rings. The van der Waals surface area contributed by atoms with Gasteiger partial charge in [-0.05, 0) is 61.3 Å². The van der Waals surface area contributed by atoms with Crippen molar-refractivity contribution in [3.8, 4) is 0 Å². The third kappa shape index (κ3) is 4.76. The lowest BCUT2D eigenvalue weighted by atomic mass is 9.86. The lowest BCUT2D eigenvalue weighted by Crippen LogP contribution is -2.23. The minimum Gasteiger partial charge on any atom is -0.456 e. The zero-order chi connectivity index (χ0) is 19.3. The molecule has 1 N–H and O–H groups in total. The van der Waals surface area contributed by atoms with Gasteiger partial charge < -0.3 is 10.1 Å². The third-order valence-electron chi connectivity index (χ3n) is 5.81. The Bertz CT molecular complexity index is 839. The van der Waals surface area contributed by atoms with Crippen LogP contribution < -0.4 is 5.32 Å². The molecule has 5 heteroatoms. The second-order valence-corrected chi connectivity index (χ2v) is 8.87. The second kappa shape index (κ2) is 8.82. The van der Waals surface area contributed by atoms with Crippen molar-refractivity contribution < 1.29 is 14.3 Å². The summed E-state index contributed by atoms with van der Waals surface area (Å²) in [6.45, 7) is -0.232. The molecular weight excluding hydrogens is 370 g/mol. The van der Waals surface area contributed by atoms with Gasteiger partial charge in [0.2, 0.25) is 0 Å². The standard InChI is InChI=1S/C23H25NO3S/c25-22(15-27-23(26)14-18-13-16-10-11-17(18)12-16)24-20-8-4-5-9-21(20)28-19-6-2-1-3-7-19/h1-9,16-18H,10-15H2,(H,24,25)/t16-,17-,18+/m1/s1. The van der Waals surface area contributed by atoms with Gasteiger partial charge in [0, 0.05) is 16.2 Å². The summed E-state index contributed by atoms with van der Waals surface area (Å²) in [5, 5.41) is 2.87. The maximum atomic E-state index is 12.3. The maximum Gasteiger partial charge on any atom is 0.306 e. The number of anilines is 1. The lowest BCUT2D eigenvalue weighted by Gasteiger charge is -2.20. The van der Waals surface area contributed by atoms with E-state index in [0.29, 0.717) is 18.3 Å². The summed E-state index contributed by atoms with van der Waals surface area (Å²) >= 11 is 1.59. The first-order valence-corrected chi connectivity index (χ1v) is 10.8. The van der Waals surface area contributed by atoms with Crippen LogP contribution in [0.2, 0.25) is 0 Å². The Hall–Kier alpha value is -2.27. The van der Waals surface area contributed by atoms with Gasteiger partial charge >= 0.3 is 5.97 Å². The van der Waals surface area contributed by atoms with E-state index >= 15 is 0 Å². The van der Waals surface area contributed by atoms with Gasteiger partial charge in [-0.15, -0.1) is 0 Å². The Morgan fingerprint density at radius 2 is 1.79 bits per heavy atom. The quantitative estimate of drug-likeness (QED) is 0.659. The SMILES string of the molecule is O=C(COC(=O)C[C@@H]1C[C@@H]2CC[C@@H]1C2)Nc1ccccc1Sc1ccccc1. The molecule has 2 saturated carbocycles. The molecule has 2 bridgehead atoms. The molecule has 0 heterocycles. The number of rotatable bonds is 7. The molecular formula is C23H25NO3S. The lowest BCUT2D eigenvalue weighted by molar-refractivity contribution is -0.148. The number of carbonyl (C=O) groups excluding carboxylic acids is 2. The summed E-state index contributed by atoms with van der Waals surface area (Å²) in [6, 6.07) is 17.7. The molecule has 0 unspecified atom stereocenters. The maximum absolute atomic E-state index is 12.3. The highest BCUT2D eigenvalue weighted by Gasteiger charge is 2.40. The van der Waals surface area contributed by atoms with Gasteiger partial charge in [0.25, 0.3) is 5.91 Å². The van der Waals surface area contributed by atoms with Crippen LogP contribution in [-0.2, 0) is 14.3 Å². The number of para-hydroxylation sites is 1. The predicted octanol–water partition coefficient (Wildman–Crippen LogP) is 5.15. The first-order chi connectivity index (χ1) is 13.7.